The minimum absolute atomic E-state index is 0.263. The molecule has 0 atom stereocenters. The van der Waals surface area contributed by atoms with Crippen molar-refractivity contribution in [1.82, 2.24) is 0 Å². The Morgan fingerprint density at radius 2 is 1.79 bits per heavy atom. The zero-order chi connectivity index (χ0) is 14.0. The molecule has 1 N–H and O–H groups in total. The molecule has 0 saturated heterocycles. The van der Waals surface area contributed by atoms with Gasteiger partial charge in [0.15, 0.2) is 0 Å². The zero-order valence-electron chi connectivity index (χ0n) is 10.1. The number of nitrogens with one attached hydrogen (secondary N) is 1. The highest BCUT2D eigenvalue weighted by atomic mass is 35.5. The Morgan fingerprint density at radius 1 is 1.16 bits per heavy atom. The van der Waals surface area contributed by atoms with E-state index in [9.17, 15) is 4.79 Å². The van der Waals surface area contributed by atoms with Crippen molar-refractivity contribution in [2.24, 2.45) is 0 Å². The first-order chi connectivity index (χ1) is 8.99. The van der Waals surface area contributed by atoms with Gasteiger partial charge in [0, 0.05) is 4.90 Å². The van der Waals surface area contributed by atoms with Crippen LogP contribution in [0.5, 0.6) is 0 Å². The number of hydrogen-bond acceptors (Lipinski definition) is 2. The van der Waals surface area contributed by atoms with Crippen LogP contribution in [0.3, 0.4) is 0 Å². The molecule has 0 heterocycles. The number of thiol groups is 1. The van der Waals surface area contributed by atoms with E-state index < -0.39 is 0 Å². The molecule has 98 valence electrons. The number of carbonyl (C=O) groups excluding carboxylic acids is 1. The third-order valence-corrected chi connectivity index (χ3v) is 3.59. The lowest BCUT2D eigenvalue weighted by Gasteiger charge is -2.10. The highest BCUT2D eigenvalue weighted by molar-refractivity contribution is 7.80. The van der Waals surface area contributed by atoms with E-state index in [2.05, 4.69) is 17.9 Å². The van der Waals surface area contributed by atoms with Crippen LogP contribution in [-0.4, -0.2) is 5.91 Å². The molecule has 0 spiro atoms. The second kappa shape index (κ2) is 5.87. The van der Waals surface area contributed by atoms with Crippen molar-refractivity contribution < 1.29 is 4.79 Å². The van der Waals surface area contributed by atoms with Gasteiger partial charge in [-0.1, -0.05) is 35.3 Å². The molecule has 0 aliphatic carbocycles. The Bertz CT molecular complexity index is 623. The van der Waals surface area contributed by atoms with E-state index in [1.807, 2.05) is 19.1 Å². The summed E-state index contributed by atoms with van der Waals surface area (Å²) in [5, 5.41) is 3.39. The van der Waals surface area contributed by atoms with Crippen LogP contribution < -0.4 is 5.32 Å². The van der Waals surface area contributed by atoms with Gasteiger partial charge in [-0.15, -0.1) is 12.6 Å². The van der Waals surface area contributed by atoms with Crippen LogP contribution in [-0.2, 0) is 0 Å². The lowest BCUT2D eigenvalue weighted by atomic mass is 10.2. The number of carbonyl (C=O) groups is 1. The molecular formula is C14H11Cl2NOS. The summed E-state index contributed by atoms with van der Waals surface area (Å²) in [5.74, 6) is -0.352. The highest BCUT2D eigenvalue weighted by Crippen LogP contribution is 2.27. The fourth-order valence-electron chi connectivity index (χ4n) is 1.65. The molecule has 0 saturated carbocycles. The minimum Gasteiger partial charge on any atom is -0.321 e. The number of hydrogen-bond donors (Lipinski definition) is 2. The number of halogens is 2. The van der Waals surface area contributed by atoms with Crippen LogP contribution in [0.25, 0.3) is 0 Å². The standard InChI is InChI=1S/C14H11Cl2NOS/c1-8-5-6-11(12(19)7-8)17-14(18)13-9(15)3-2-4-10(13)16/h2-7,19H,1H3,(H,17,18). The molecule has 19 heavy (non-hydrogen) atoms. The van der Waals surface area contributed by atoms with E-state index in [0.717, 1.165) is 5.56 Å². The maximum atomic E-state index is 12.2. The molecule has 0 aromatic heterocycles. The van der Waals surface area contributed by atoms with Gasteiger partial charge in [-0.05, 0) is 36.8 Å². The van der Waals surface area contributed by atoms with E-state index >= 15 is 0 Å². The molecule has 2 aromatic carbocycles. The van der Waals surface area contributed by atoms with Gasteiger partial charge in [0.25, 0.3) is 5.91 Å². The van der Waals surface area contributed by atoms with Crippen LogP contribution in [0.4, 0.5) is 5.69 Å². The molecule has 0 bridgehead atoms. The first kappa shape index (κ1) is 14.3. The molecule has 0 fully saturated rings. The molecule has 0 unspecified atom stereocenters. The van der Waals surface area contributed by atoms with Gasteiger partial charge in [0.05, 0.1) is 21.3 Å². The Labute approximate surface area is 127 Å². The van der Waals surface area contributed by atoms with Crippen LogP contribution in [0, 0.1) is 6.92 Å². The Hall–Kier alpha value is -1.16. The lowest BCUT2D eigenvalue weighted by molar-refractivity contribution is 0.102. The third kappa shape index (κ3) is 3.24. The summed E-state index contributed by atoms with van der Waals surface area (Å²) in [4.78, 5) is 12.9. The first-order valence-corrected chi connectivity index (χ1v) is 6.74. The van der Waals surface area contributed by atoms with E-state index in [1.165, 1.54) is 0 Å². The summed E-state index contributed by atoms with van der Waals surface area (Å²) in [6, 6.07) is 10.5. The van der Waals surface area contributed by atoms with Crippen molar-refractivity contribution in [2.45, 2.75) is 11.8 Å². The molecule has 2 aromatic rings. The monoisotopic (exact) mass is 311 g/mol. The molecular weight excluding hydrogens is 301 g/mol. The maximum Gasteiger partial charge on any atom is 0.258 e. The average molecular weight is 312 g/mol. The number of amides is 1. The topological polar surface area (TPSA) is 29.1 Å². The van der Waals surface area contributed by atoms with E-state index in [4.69, 9.17) is 23.2 Å². The summed E-state index contributed by atoms with van der Waals surface area (Å²) in [6.45, 7) is 1.95. The summed E-state index contributed by atoms with van der Waals surface area (Å²) >= 11 is 16.3. The summed E-state index contributed by atoms with van der Waals surface area (Å²) in [6.07, 6.45) is 0. The van der Waals surface area contributed by atoms with Crippen LogP contribution >= 0.6 is 35.8 Å². The summed E-state index contributed by atoms with van der Waals surface area (Å²) < 4.78 is 0. The van der Waals surface area contributed by atoms with E-state index in [-0.39, 0.29) is 11.5 Å². The third-order valence-electron chi connectivity index (χ3n) is 2.59. The molecule has 0 radical (unpaired) electrons. The fourth-order valence-corrected chi connectivity index (χ4v) is 2.55. The lowest BCUT2D eigenvalue weighted by Crippen LogP contribution is -2.13. The Morgan fingerprint density at radius 3 is 2.37 bits per heavy atom. The quantitative estimate of drug-likeness (QED) is 0.763. The average Bonchev–Trinajstić information content (AvgIpc) is 2.32. The van der Waals surface area contributed by atoms with Crippen LogP contribution in [0.15, 0.2) is 41.3 Å². The van der Waals surface area contributed by atoms with E-state index in [0.29, 0.717) is 20.6 Å². The molecule has 2 rings (SSSR count). The normalized spacial score (nSPS) is 10.3. The SMILES string of the molecule is Cc1ccc(NC(=O)c2c(Cl)cccc2Cl)c(S)c1. The number of rotatable bonds is 2. The van der Waals surface area contributed by atoms with Gasteiger partial charge >= 0.3 is 0 Å². The van der Waals surface area contributed by atoms with Gasteiger partial charge < -0.3 is 5.32 Å². The van der Waals surface area contributed by atoms with Crippen molar-refractivity contribution in [1.29, 1.82) is 0 Å². The largest absolute Gasteiger partial charge is 0.321 e. The van der Waals surface area contributed by atoms with Crippen molar-refractivity contribution in [3.05, 3.63) is 57.6 Å². The van der Waals surface area contributed by atoms with Gasteiger partial charge in [0.1, 0.15) is 0 Å². The molecule has 1 amide bonds. The zero-order valence-corrected chi connectivity index (χ0v) is 12.5. The highest BCUT2D eigenvalue weighted by Gasteiger charge is 2.15. The second-order valence-corrected chi connectivity index (χ2v) is 5.37. The fraction of sp³-hybridized carbons (Fsp3) is 0.0714. The molecule has 2 nitrogen and oxygen atoms in total. The summed E-state index contributed by atoms with van der Waals surface area (Å²) in [7, 11) is 0. The van der Waals surface area contributed by atoms with Crippen molar-refractivity contribution in [3.8, 4) is 0 Å². The molecule has 5 heteroatoms. The smallest absolute Gasteiger partial charge is 0.258 e. The van der Waals surface area contributed by atoms with Gasteiger partial charge in [-0.2, -0.15) is 0 Å². The van der Waals surface area contributed by atoms with Gasteiger partial charge in [0.2, 0.25) is 0 Å². The Balaban J connectivity index is 2.31. The maximum absolute atomic E-state index is 12.2. The van der Waals surface area contributed by atoms with Crippen molar-refractivity contribution >= 4 is 47.4 Å². The summed E-state index contributed by atoms with van der Waals surface area (Å²) in [5.41, 5.74) is 1.95. The molecule has 0 aliphatic heterocycles. The number of anilines is 1. The predicted molar refractivity (Wildman–Crippen MR) is 82.8 cm³/mol. The Kier molecular flexibility index (Phi) is 4.40. The molecule has 0 aliphatic rings. The van der Waals surface area contributed by atoms with Crippen LogP contribution in [0.2, 0.25) is 10.0 Å². The van der Waals surface area contributed by atoms with Crippen LogP contribution in [0.1, 0.15) is 15.9 Å². The predicted octanol–water partition coefficient (Wildman–Crippen LogP) is 4.84. The first-order valence-electron chi connectivity index (χ1n) is 5.54. The van der Waals surface area contributed by atoms with Crippen molar-refractivity contribution in [3.63, 3.8) is 0 Å². The van der Waals surface area contributed by atoms with Gasteiger partial charge in [-0.3, -0.25) is 4.79 Å². The minimum atomic E-state index is -0.352. The second-order valence-electron chi connectivity index (χ2n) is 4.07. The van der Waals surface area contributed by atoms with Crippen molar-refractivity contribution in [2.75, 3.05) is 5.32 Å². The van der Waals surface area contributed by atoms with E-state index in [1.54, 1.807) is 24.3 Å². The van der Waals surface area contributed by atoms with Gasteiger partial charge in [-0.25, -0.2) is 0 Å². The number of aryl methyl sites for hydroxylation is 1. The number of benzene rings is 2.